The van der Waals surface area contributed by atoms with Crippen molar-refractivity contribution in [3.05, 3.63) is 69.8 Å². The number of nitrogens with zero attached hydrogens (tertiary/aromatic N) is 1. The first-order valence-corrected chi connectivity index (χ1v) is 9.49. The van der Waals surface area contributed by atoms with Crippen molar-refractivity contribution in [3.8, 4) is 11.5 Å². The van der Waals surface area contributed by atoms with Gasteiger partial charge >= 0.3 is 0 Å². The monoisotopic (exact) mass is 447 g/mol. The van der Waals surface area contributed by atoms with E-state index in [1.807, 2.05) is 0 Å². The molecule has 1 heterocycles. The standard InChI is InChI=1S/C21H21NO10/c23-10-16-18(26)19(27)20(28)21(32-16)31-15-3-1-2-13(24)17(15)14(25)9-6-11-4-7-12(8-5-11)22(29)30/h1-9,16,18-21,23-24,26-28H,10H2/b9-6+/t16-,18+,19-,20+,21-/m0/s1. The normalized spacial score (nSPS) is 25.6. The van der Waals surface area contributed by atoms with E-state index in [9.17, 15) is 40.4 Å². The number of allylic oxidation sites excluding steroid dienone is 1. The number of phenols is 1. The molecule has 0 spiro atoms. The van der Waals surface area contributed by atoms with Crippen molar-refractivity contribution in [3.63, 3.8) is 0 Å². The van der Waals surface area contributed by atoms with Crippen LogP contribution in [0.5, 0.6) is 11.5 Å². The minimum Gasteiger partial charge on any atom is -0.507 e. The first-order chi connectivity index (χ1) is 15.2. The number of nitro benzene ring substituents is 1. The summed E-state index contributed by atoms with van der Waals surface area (Å²) in [5, 5.41) is 60.1. The van der Waals surface area contributed by atoms with Crippen LogP contribution in [0.1, 0.15) is 15.9 Å². The molecule has 170 valence electrons. The first-order valence-electron chi connectivity index (χ1n) is 9.49. The van der Waals surface area contributed by atoms with Gasteiger partial charge in [0.05, 0.1) is 11.5 Å². The van der Waals surface area contributed by atoms with E-state index in [1.165, 1.54) is 48.5 Å². The number of ketones is 1. The summed E-state index contributed by atoms with van der Waals surface area (Å²) >= 11 is 0. The van der Waals surface area contributed by atoms with E-state index < -0.39 is 53.8 Å². The summed E-state index contributed by atoms with van der Waals surface area (Å²) in [7, 11) is 0. The number of carbonyl (C=O) groups is 1. The topological polar surface area (TPSA) is 180 Å². The maximum Gasteiger partial charge on any atom is 0.269 e. The van der Waals surface area contributed by atoms with Crippen molar-refractivity contribution in [2.24, 2.45) is 0 Å². The molecule has 32 heavy (non-hydrogen) atoms. The highest BCUT2D eigenvalue weighted by Gasteiger charge is 2.45. The van der Waals surface area contributed by atoms with Crippen LogP contribution in [0.25, 0.3) is 6.08 Å². The van der Waals surface area contributed by atoms with Crippen LogP contribution >= 0.6 is 0 Å². The van der Waals surface area contributed by atoms with Crippen LogP contribution in [0.4, 0.5) is 5.69 Å². The summed E-state index contributed by atoms with van der Waals surface area (Å²) in [6, 6.07) is 9.39. The van der Waals surface area contributed by atoms with Crippen molar-refractivity contribution in [1.82, 2.24) is 0 Å². The summed E-state index contributed by atoms with van der Waals surface area (Å²) in [4.78, 5) is 22.9. The third kappa shape index (κ3) is 4.93. The predicted molar refractivity (Wildman–Crippen MR) is 109 cm³/mol. The lowest BCUT2D eigenvalue weighted by molar-refractivity contribution is -0.384. The van der Waals surface area contributed by atoms with Gasteiger partial charge in [0.15, 0.2) is 5.78 Å². The van der Waals surface area contributed by atoms with Gasteiger partial charge in [0, 0.05) is 12.1 Å². The molecular weight excluding hydrogens is 426 g/mol. The van der Waals surface area contributed by atoms with Crippen LogP contribution < -0.4 is 4.74 Å². The highest BCUT2D eigenvalue weighted by atomic mass is 16.7. The van der Waals surface area contributed by atoms with Gasteiger partial charge in [-0.25, -0.2) is 0 Å². The Bertz CT molecular complexity index is 1000. The Balaban J connectivity index is 1.82. The van der Waals surface area contributed by atoms with Crippen molar-refractivity contribution < 1.29 is 44.7 Å². The smallest absolute Gasteiger partial charge is 0.269 e. The molecule has 2 aromatic carbocycles. The number of ether oxygens (including phenoxy) is 2. The fourth-order valence-electron chi connectivity index (χ4n) is 3.12. The Labute approximate surface area is 181 Å². The van der Waals surface area contributed by atoms with Gasteiger partial charge in [0.1, 0.15) is 41.5 Å². The van der Waals surface area contributed by atoms with Gasteiger partial charge in [-0.2, -0.15) is 0 Å². The number of hydrogen-bond donors (Lipinski definition) is 5. The predicted octanol–water partition coefficient (Wildman–Crippen LogP) is 0.375. The number of phenolic OH excluding ortho intramolecular Hbond substituents is 1. The van der Waals surface area contributed by atoms with Crippen LogP contribution in [0, 0.1) is 10.1 Å². The van der Waals surface area contributed by atoms with Gasteiger partial charge in [-0.3, -0.25) is 14.9 Å². The molecule has 11 heteroatoms. The van der Waals surface area contributed by atoms with Crippen LogP contribution in [0.2, 0.25) is 0 Å². The van der Waals surface area contributed by atoms with E-state index in [-0.39, 0.29) is 17.0 Å². The molecule has 2 aromatic rings. The maximum atomic E-state index is 12.7. The molecule has 0 saturated carbocycles. The van der Waals surface area contributed by atoms with Gasteiger partial charge < -0.3 is 35.0 Å². The zero-order valence-electron chi connectivity index (χ0n) is 16.5. The molecule has 1 aliphatic heterocycles. The zero-order chi connectivity index (χ0) is 23.4. The Hall–Kier alpha value is -3.35. The van der Waals surface area contributed by atoms with E-state index in [0.717, 1.165) is 6.08 Å². The van der Waals surface area contributed by atoms with E-state index in [4.69, 9.17) is 9.47 Å². The summed E-state index contributed by atoms with van der Waals surface area (Å²) in [6.07, 6.45) is -5.20. The number of nitro groups is 1. The minimum atomic E-state index is -1.70. The molecule has 0 radical (unpaired) electrons. The molecule has 0 aliphatic carbocycles. The fourth-order valence-corrected chi connectivity index (χ4v) is 3.12. The molecule has 1 saturated heterocycles. The zero-order valence-corrected chi connectivity index (χ0v) is 16.5. The van der Waals surface area contributed by atoms with Crippen molar-refractivity contribution in [2.45, 2.75) is 30.7 Å². The molecule has 0 amide bonds. The van der Waals surface area contributed by atoms with Gasteiger partial charge in [-0.1, -0.05) is 12.1 Å². The third-order valence-corrected chi connectivity index (χ3v) is 4.87. The van der Waals surface area contributed by atoms with Crippen LogP contribution in [-0.2, 0) is 4.74 Å². The van der Waals surface area contributed by atoms with E-state index in [2.05, 4.69) is 0 Å². The summed E-state index contributed by atoms with van der Waals surface area (Å²) in [6.45, 7) is -0.658. The van der Waals surface area contributed by atoms with E-state index in [1.54, 1.807) is 0 Å². The van der Waals surface area contributed by atoms with Crippen LogP contribution in [0.15, 0.2) is 48.5 Å². The SMILES string of the molecule is O=C(/C=C/c1ccc([N+](=O)[O-])cc1)c1c(O)cccc1O[C@H]1O[C@@H](CO)[C@@H](O)[C@H](O)[C@H]1O. The van der Waals surface area contributed by atoms with Crippen molar-refractivity contribution in [2.75, 3.05) is 6.61 Å². The minimum absolute atomic E-state index is 0.107. The van der Waals surface area contributed by atoms with Gasteiger partial charge in [0.25, 0.3) is 5.69 Å². The largest absolute Gasteiger partial charge is 0.507 e. The number of non-ortho nitro benzene ring substituents is 1. The second-order valence-corrected chi connectivity index (χ2v) is 7.01. The van der Waals surface area contributed by atoms with Gasteiger partial charge in [-0.15, -0.1) is 0 Å². The Morgan fingerprint density at radius 3 is 2.41 bits per heavy atom. The lowest BCUT2D eigenvalue weighted by Gasteiger charge is -2.39. The lowest BCUT2D eigenvalue weighted by atomic mass is 9.99. The molecule has 1 aliphatic rings. The van der Waals surface area contributed by atoms with Gasteiger partial charge in [0.2, 0.25) is 6.29 Å². The molecule has 5 N–H and O–H groups in total. The quantitative estimate of drug-likeness (QED) is 0.172. The molecule has 11 nitrogen and oxygen atoms in total. The lowest BCUT2D eigenvalue weighted by Crippen LogP contribution is -2.60. The third-order valence-electron chi connectivity index (χ3n) is 4.87. The highest BCUT2D eigenvalue weighted by Crippen LogP contribution is 2.32. The maximum absolute atomic E-state index is 12.7. The second-order valence-electron chi connectivity index (χ2n) is 7.01. The highest BCUT2D eigenvalue weighted by molar-refractivity contribution is 6.10. The molecule has 0 aromatic heterocycles. The number of aromatic hydroxyl groups is 1. The number of carbonyl (C=O) groups excluding carboxylic acids is 1. The Morgan fingerprint density at radius 2 is 1.78 bits per heavy atom. The number of aliphatic hydroxyl groups excluding tert-OH is 4. The first kappa shape index (κ1) is 23.3. The molecule has 1 fully saturated rings. The molecule has 3 rings (SSSR count). The number of hydrogen-bond acceptors (Lipinski definition) is 10. The van der Waals surface area contributed by atoms with Gasteiger partial charge in [-0.05, 0) is 35.9 Å². The number of rotatable bonds is 7. The molecule has 0 unspecified atom stereocenters. The molecular formula is C21H21NO10. The van der Waals surface area contributed by atoms with Crippen LogP contribution in [0.3, 0.4) is 0 Å². The Kier molecular flexibility index (Phi) is 7.18. The summed E-state index contributed by atoms with van der Waals surface area (Å²) in [5.74, 6) is -1.28. The average Bonchev–Trinajstić information content (AvgIpc) is 2.78. The molecule has 0 bridgehead atoms. The van der Waals surface area contributed by atoms with Crippen molar-refractivity contribution in [1.29, 1.82) is 0 Å². The molecule has 5 atom stereocenters. The van der Waals surface area contributed by atoms with Crippen molar-refractivity contribution >= 4 is 17.5 Å². The summed E-state index contributed by atoms with van der Waals surface area (Å²) < 4.78 is 10.8. The Morgan fingerprint density at radius 1 is 1.09 bits per heavy atom. The fraction of sp³-hybridized carbons (Fsp3) is 0.286. The van der Waals surface area contributed by atoms with E-state index in [0.29, 0.717) is 5.56 Å². The van der Waals surface area contributed by atoms with E-state index >= 15 is 0 Å². The number of aliphatic hydroxyl groups is 4. The second kappa shape index (κ2) is 9.85. The number of benzene rings is 2. The average molecular weight is 447 g/mol. The summed E-state index contributed by atoms with van der Waals surface area (Å²) in [5.41, 5.74) is 0.128. The van der Waals surface area contributed by atoms with Crippen LogP contribution in [-0.4, -0.2) is 73.6 Å².